The quantitative estimate of drug-likeness (QED) is 0.823. The van der Waals surface area contributed by atoms with Gasteiger partial charge in [0.2, 0.25) is 0 Å². The summed E-state index contributed by atoms with van der Waals surface area (Å²) in [7, 11) is 0. The minimum absolute atomic E-state index is 0.355. The maximum absolute atomic E-state index is 12.3. The van der Waals surface area contributed by atoms with E-state index in [0.717, 1.165) is 0 Å². The summed E-state index contributed by atoms with van der Waals surface area (Å²) in [6, 6.07) is 4.64. The van der Waals surface area contributed by atoms with E-state index in [9.17, 15) is 14.7 Å². The van der Waals surface area contributed by atoms with Crippen LogP contribution in [0.3, 0.4) is 0 Å². The van der Waals surface area contributed by atoms with Crippen molar-refractivity contribution in [2.45, 2.75) is 31.4 Å². The SMILES string of the molecule is CC(Oc1cc(Cl)cc(Cl)c1)C(=O)NC1(C(=O)O)CCSCC1. The van der Waals surface area contributed by atoms with Gasteiger partial charge in [-0.25, -0.2) is 4.79 Å². The van der Waals surface area contributed by atoms with E-state index in [1.165, 1.54) is 0 Å². The molecule has 0 spiro atoms. The lowest BCUT2D eigenvalue weighted by Gasteiger charge is -2.34. The zero-order valence-corrected chi connectivity index (χ0v) is 14.8. The van der Waals surface area contributed by atoms with E-state index in [2.05, 4.69) is 5.32 Å². The fourth-order valence-electron chi connectivity index (χ4n) is 2.30. The molecule has 0 saturated carbocycles. The molecule has 23 heavy (non-hydrogen) atoms. The largest absolute Gasteiger partial charge is 0.481 e. The number of carbonyl (C=O) groups is 2. The van der Waals surface area contributed by atoms with Gasteiger partial charge in [-0.15, -0.1) is 0 Å². The highest BCUT2D eigenvalue weighted by Gasteiger charge is 2.42. The van der Waals surface area contributed by atoms with Gasteiger partial charge in [0.05, 0.1) is 0 Å². The fourth-order valence-corrected chi connectivity index (χ4v) is 4.00. The van der Waals surface area contributed by atoms with E-state index in [1.54, 1.807) is 36.9 Å². The van der Waals surface area contributed by atoms with E-state index in [4.69, 9.17) is 27.9 Å². The second-order valence-corrected chi connectivity index (χ2v) is 7.45. The molecule has 1 aromatic carbocycles. The Labute approximate surface area is 148 Å². The van der Waals surface area contributed by atoms with Gasteiger partial charge in [-0.1, -0.05) is 23.2 Å². The second-order valence-electron chi connectivity index (χ2n) is 5.35. The van der Waals surface area contributed by atoms with Crippen molar-refractivity contribution in [3.8, 4) is 5.75 Å². The molecule has 1 aromatic rings. The van der Waals surface area contributed by atoms with Gasteiger partial charge in [0.25, 0.3) is 5.91 Å². The second kappa shape index (κ2) is 7.64. The molecule has 0 radical (unpaired) electrons. The Bertz CT molecular complexity index is 585. The molecule has 1 unspecified atom stereocenters. The summed E-state index contributed by atoms with van der Waals surface area (Å²) in [6.07, 6.45) is -0.0709. The van der Waals surface area contributed by atoms with Crippen LogP contribution in [-0.2, 0) is 9.59 Å². The molecule has 126 valence electrons. The van der Waals surface area contributed by atoms with Crippen LogP contribution in [0.1, 0.15) is 19.8 Å². The van der Waals surface area contributed by atoms with Crippen molar-refractivity contribution in [3.05, 3.63) is 28.2 Å². The number of nitrogens with one attached hydrogen (secondary N) is 1. The number of benzene rings is 1. The van der Waals surface area contributed by atoms with Gasteiger partial charge in [0.15, 0.2) is 6.10 Å². The molecule has 0 bridgehead atoms. The summed E-state index contributed by atoms with van der Waals surface area (Å²) in [4.78, 5) is 23.9. The van der Waals surface area contributed by atoms with Crippen LogP contribution < -0.4 is 10.1 Å². The Kier molecular flexibility index (Phi) is 6.06. The van der Waals surface area contributed by atoms with Gasteiger partial charge in [-0.05, 0) is 49.5 Å². The maximum Gasteiger partial charge on any atom is 0.329 e. The van der Waals surface area contributed by atoms with Gasteiger partial charge < -0.3 is 15.2 Å². The molecule has 1 aliphatic rings. The number of carboxylic acid groups (broad SMARTS) is 1. The van der Waals surface area contributed by atoms with Crippen LogP contribution in [0.25, 0.3) is 0 Å². The van der Waals surface area contributed by atoms with Gasteiger partial charge >= 0.3 is 5.97 Å². The molecule has 1 aliphatic heterocycles. The van der Waals surface area contributed by atoms with Crippen LogP contribution in [0, 0.1) is 0 Å². The summed E-state index contributed by atoms with van der Waals surface area (Å²) in [5, 5.41) is 12.9. The lowest BCUT2D eigenvalue weighted by Crippen LogP contribution is -2.58. The van der Waals surface area contributed by atoms with Crippen molar-refractivity contribution in [3.63, 3.8) is 0 Å². The van der Waals surface area contributed by atoms with Gasteiger partial charge in [-0.2, -0.15) is 11.8 Å². The van der Waals surface area contributed by atoms with Crippen molar-refractivity contribution in [1.29, 1.82) is 0 Å². The fraction of sp³-hybridized carbons (Fsp3) is 0.467. The molecule has 0 aromatic heterocycles. The zero-order valence-electron chi connectivity index (χ0n) is 12.5. The first-order chi connectivity index (χ1) is 10.8. The third kappa shape index (κ3) is 4.68. The van der Waals surface area contributed by atoms with Crippen molar-refractivity contribution >= 4 is 46.8 Å². The summed E-state index contributed by atoms with van der Waals surface area (Å²) >= 11 is 13.5. The number of hydrogen-bond donors (Lipinski definition) is 2. The summed E-state index contributed by atoms with van der Waals surface area (Å²) in [5.41, 5.74) is -1.22. The van der Waals surface area contributed by atoms with Crippen LogP contribution in [0.15, 0.2) is 18.2 Å². The molecule has 1 atom stereocenters. The van der Waals surface area contributed by atoms with Crippen LogP contribution in [-0.4, -0.2) is 40.1 Å². The molecule has 2 rings (SSSR count). The Morgan fingerprint density at radius 1 is 1.26 bits per heavy atom. The number of carbonyl (C=O) groups excluding carboxylic acids is 1. The standard InChI is InChI=1S/C15H17Cl2NO4S/c1-9(22-12-7-10(16)6-11(17)8-12)13(19)18-15(14(20)21)2-4-23-5-3-15/h6-9H,2-5H2,1H3,(H,18,19)(H,20,21). The van der Waals surface area contributed by atoms with Crippen molar-refractivity contribution in [1.82, 2.24) is 5.32 Å². The number of thioether (sulfide) groups is 1. The van der Waals surface area contributed by atoms with E-state index >= 15 is 0 Å². The predicted molar refractivity (Wildman–Crippen MR) is 91.6 cm³/mol. The van der Waals surface area contributed by atoms with Crippen molar-refractivity contribution < 1.29 is 19.4 Å². The topological polar surface area (TPSA) is 75.6 Å². The minimum Gasteiger partial charge on any atom is -0.481 e. The first-order valence-corrected chi connectivity index (χ1v) is 8.99. The summed E-state index contributed by atoms with van der Waals surface area (Å²) in [6.45, 7) is 1.55. The highest BCUT2D eigenvalue weighted by molar-refractivity contribution is 7.99. The predicted octanol–water partition coefficient (Wildman–Crippen LogP) is 3.23. The molecule has 1 fully saturated rings. The molecular formula is C15H17Cl2NO4S. The first kappa shape index (κ1) is 18.2. The molecule has 8 heteroatoms. The minimum atomic E-state index is -1.22. The molecule has 5 nitrogen and oxygen atoms in total. The van der Waals surface area contributed by atoms with Crippen LogP contribution in [0.2, 0.25) is 10.0 Å². The van der Waals surface area contributed by atoms with Crippen molar-refractivity contribution in [2.75, 3.05) is 11.5 Å². The summed E-state index contributed by atoms with van der Waals surface area (Å²) < 4.78 is 5.52. The van der Waals surface area contributed by atoms with Gasteiger partial charge in [-0.3, -0.25) is 4.79 Å². The highest BCUT2D eigenvalue weighted by Crippen LogP contribution is 2.28. The lowest BCUT2D eigenvalue weighted by molar-refractivity contribution is -0.149. The molecule has 1 heterocycles. The van der Waals surface area contributed by atoms with Crippen LogP contribution >= 0.6 is 35.0 Å². The molecule has 0 aliphatic carbocycles. The van der Waals surface area contributed by atoms with Crippen LogP contribution in [0.5, 0.6) is 5.75 Å². The molecule has 1 amide bonds. The normalized spacial score (nSPS) is 18.0. The van der Waals surface area contributed by atoms with E-state index in [0.29, 0.717) is 40.1 Å². The average molecular weight is 378 g/mol. The number of ether oxygens (including phenoxy) is 1. The Morgan fingerprint density at radius 3 is 2.35 bits per heavy atom. The Balaban J connectivity index is 2.05. The lowest BCUT2D eigenvalue weighted by atomic mass is 9.92. The maximum atomic E-state index is 12.3. The average Bonchev–Trinajstić information content (AvgIpc) is 2.46. The number of halogens is 2. The monoisotopic (exact) mass is 377 g/mol. The Morgan fingerprint density at radius 2 is 1.83 bits per heavy atom. The van der Waals surface area contributed by atoms with Gasteiger partial charge in [0.1, 0.15) is 11.3 Å². The smallest absolute Gasteiger partial charge is 0.329 e. The van der Waals surface area contributed by atoms with Gasteiger partial charge in [0, 0.05) is 10.0 Å². The third-order valence-electron chi connectivity index (χ3n) is 3.64. The van der Waals surface area contributed by atoms with E-state index in [1.807, 2.05) is 0 Å². The van der Waals surface area contributed by atoms with Crippen molar-refractivity contribution in [2.24, 2.45) is 0 Å². The molecule has 2 N–H and O–H groups in total. The molecule has 1 saturated heterocycles. The summed E-state index contributed by atoms with van der Waals surface area (Å²) in [5.74, 6) is 0.269. The number of rotatable bonds is 5. The number of carboxylic acids is 1. The first-order valence-electron chi connectivity index (χ1n) is 7.08. The zero-order chi connectivity index (χ0) is 17.0. The Hall–Kier alpha value is -1.11. The highest BCUT2D eigenvalue weighted by atomic mass is 35.5. The number of hydrogen-bond acceptors (Lipinski definition) is 4. The van der Waals surface area contributed by atoms with Crippen LogP contribution in [0.4, 0.5) is 0 Å². The number of amides is 1. The van der Waals surface area contributed by atoms with E-state index in [-0.39, 0.29) is 0 Å². The van der Waals surface area contributed by atoms with E-state index < -0.39 is 23.5 Å². The number of aliphatic carboxylic acids is 1. The molecular weight excluding hydrogens is 361 g/mol. The third-order valence-corrected chi connectivity index (χ3v) is 5.06.